The molecule has 0 fully saturated rings. The fourth-order valence-corrected chi connectivity index (χ4v) is 4.30. The highest BCUT2D eigenvalue weighted by molar-refractivity contribution is 6.00. The van der Waals surface area contributed by atoms with Crippen LogP contribution in [0.3, 0.4) is 0 Å². The van der Waals surface area contributed by atoms with E-state index in [1.807, 2.05) is 60.7 Å². The van der Waals surface area contributed by atoms with Crippen LogP contribution in [0.25, 0.3) is 11.1 Å². The smallest absolute Gasteiger partial charge is 0.261 e. The number of amides is 1. The van der Waals surface area contributed by atoms with Crippen molar-refractivity contribution in [2.45, 2.75) is 32.0 Å². The largest absolute Gasteiger partial charge is 0.488 e. The maximum Gasteiger partial charge on any atom is 0.261 e. The molecule has 5 heteroatoms. The normalized spacial score (nSPS) is 18.5. The molecule has 0 radical (unpaired) electrons. The van der Waals surface area contributed by atoms with E-state index in [-0.39, 0.29) is 17.8 Å². The minimum Gasteiger partial charge on any atom is -0.488 e. The molecule has 156 valence electrons. The summed E-state index contributed by atoms with van der Waals surface area (Å²) >= 11 is 0. The number of carbonyl (C=O) groups excluding carboxylic acids is 2. The molecule has 0 unspecified atom stereocenters. The van der Waals surface area contributed by atoms with Gasteiger partial charge in [-0.3, -0.25) is 9.59 Å². The van der Waals surface area contributed by atoms with Crippen molar-refractivity contribution in [1.29, 1.82) is 0 Å². The summed E-state index contributed by atoms with van der Waals surface area (Å²) in [5.74, 6) is 1.54. The molecule has 0 saturated carbocycles. The molecular weight excluding hydrogens is 390 g/mol. The molecule has 31 heavy (non-hydrogen) atoms. The van der Waals surface area contributed by atoms with Gasteiger partial charge in [0.05, 0.1) is 6.54 Å². The number of ether oxygens (including phenoxy) is 2. The Kier molecular flexibility index (Phi) is 4.94. The van der Waals surface area contributed by atoms with Crippen LogP contribution in [-0.4, -0.2) is 30.4 Å². The summed E-state index contributed by atoms with van der Waals surface area (Å²) in [4.78, 5) is 24.5. The molecule has 3 aromatic carbocycles. The molecular formula is C26H23NO4. The number of nitrogens with one attached hydrogen (secondary N) is 1. The van der Waals surface area contributed by atoms with E-state index in [0.717, 1.165) is 33.8 Å². The summed E-state index contributed by atoms with van der Waals surface area (Å²) in [6, 6.07) is 21.4. The molecule has 2 heterocycles. The van der Waals surface area contributed by atoms with Crippen LogP contribution >= 0.6 is 0 Å². The van der Waals surface area contributed by atoms with Gasteiger partial charge in [-0.05, 0) is 47.4 Å². The van der Waals surface area contributed by atoms with Crippen molar-refractivity contribution in [3.8, 4) is 22.6 Å². The number of hydrogen-bond acceptors (Lipinski definition) is 4. The van der Waals surface area contributed by atoms with Crippen molar-refractivity contribution < 1.29 is 19.1 Å². The predicted octanol–water partition coefficient (Wildman–Crippen LogP) is 3.98. The van der Waals surface area contributed by atoms with Crippen molar-refractivity contribution in [3.63, 3.8) is 0 Å². The fraction of sp³-hybridized carbons (Fsp3) is 0.231. The van der Waals surface area contributed by atoms with Crippen LogP contribution in [0.2, 0.25) is 0 Å². The van der Waals surface area contributed by atoms with E-state index in [1.165, 1.54) is 0 Å². The highest BCUT2D eigenvalue weighted by atomic mass is 16.5. The minimum atomic E-state index is -0.490. The summed E-state index contributed by atoms with van der Waals surface area (Å²) in [6.45, 7) is 2.00. The van der Waals surface area contributed by atoms with Gasteiger partial charge in [0.1, 0.15) is 17.6 Å². The number of fused-ring (bicyclic) bond motifs is 2. The van der Waals surface area contributed by atoms with Crippen LogP contribution in [0, 0.1) is 0 Å². The monoisotopic (exact) mass is 413 g/mol. The van der Waals surface area contributed by atoms with Crippen LogP contribution in [0.15, 0.2) is 66.7 Å². The molecule has 0 bridgehead atoms. The molecule has 3 aromatic rings. The third kappa shape index (κ3) is 3.79. The first-order valence-corrected chi connectivity index (χ1v) is 10.5. The highest BCUT2D eigenvalue weighted by Crippen LogP contribution is 2.34. The van der Waals surface area contributed by atoms with Gasteiger partial charge < -0.3 is 14.8 Å². The molecule has 2 aliphatic rings. The Labute approximate surface area is 181 Å². The van der Waals surface area contributed by atoms with Gasteiger partial charge in [-0.15, -0.1) is 0 Å². The number of rotatable bonds is 5. The zero-order chi connectivity index (χ0) is 21.4. The molecule has 0 aromatic heterocycles. The number of Topliss-reactive ketones (excluding diaryl/α,β-unsaturated/α-hetero) is 1. The number of ketones is 1. The molecule has 5 nitrogen and oxygen atoms in total. The van der Waals surface area contributed by atoms with Crippen LogP contribution in [0.4, 0.5) is 0 Å². The Balaban J connectivity index is 1.23. The second-order valence-corrected chi connectivity index (χ2v) is 8.03. The van der Waals surface area contributed by atoms with E-state index in [4.69, 9.17) is 9.47 Å². The Morgan fingerprint density at radius 2 is 1.68 bits per heavy atom. The molecule has 1 amide bonds. The van der Waals surface area contributed by atoms with Gasteiger partial charge >= 0.3 is 0 Å². The number of benzene rings is 3. The van der Waals surface area contributed by atoms with E-state index in [2.05, 4.69) is 11.4 Å². The molecule has 0 spiro atoms. The van der Waals surface area contributed by atoms with E-state index in [9.17, 15) is 9.59 Å². The van der Waals surface area contributed by atoms with Gasteiger partial charge in [0.25, 0.3) is 5.91 Å². The van der Waals surface area contributed by atoms with Gasteiger partial charge in [-0.2, -0.15) is 0 Å². The minimum absolute atomic E-state index is 0.0456. The quantitative estimate of drug-likeness (QED) is 0.643. The van der Waals surface area contributed by atoms with Gasteiger partial charge in [0.15, 0.2) is 11.9 Å². The first-order chi connectivity index (χ1) is 15.1. The number of para-hydroxylation sites is 1. The zero-order valence-corrected chi connectivity index (χ0v) is 17.3. The molecule has 0 aliphatic carbocycles. The molecule has 0 saturated heterocycles. The van der Waals surface area contributed by atoms with Crippen molar-refractivity contribution in [1.82, 2.24) is 5.32 Å². The average Bonchev–Trinajstić information content (AvgIpc) is 3.40. The maximum absolute atomic E-state index is 12.6. The standard InChI is InChI=1S/C26H23NO4/c1-16(28)21-7-3-4-8-22(21)17-10-11-24-19(12-17)13-20(30-24)15-27-26(29)25-14-18-6-2-5-9-23(18)31-25/h2-12,20,25H,13-15H2,1H3,(H,27,29)/t20-,25+/m0/s1. The van der Waals surface area contributed by atoms with Crippen molar-refractivity contribution >= 4 is 11.7 Å². The van der Waals surface area contributed by atoms with Crippen molar-refractivity contribution in [2.24, 2.45) is 0 Å². The Bertz CT molecular complexity index is 1140. The van der Waals surface area contributed by atoms with Gasteiger partial charge in [-0.1, -0.05) is 48.5 Å². The average molecular weight is 413 g/mol. The lowest BCUT2D eigenvalue weighted by atomic mass is 9.95. The molecule has 1 N–H and O–H groups in total. The second-order valence-electron chi connectivity index (χ2n) is 8.03. The van der Waals surface area contributed by atoms with E-state index >= 15 is 0 Å². The van der Waals surface area contributed by atoms with Crippen LogP contribution < -0.4 is 14.8 Å². The lowest BCUT2D eigenvalue weighted by molar-refractivity contribution is -0.127. The maximum atomic E-state index is 12.6. The van der Waals surface area contributed by atoms with E-state index in [0.29, 0.717) is 24.9 Å². The SMILES string of the molecule is CC(=O)c1ccccc1-c1ccc2c(c1)C[C@@H](CNC(=O)[C@H]1Cc3ccccc3O1)O2. The molecule has 2 atom stereocenters. The lowest BCUT2D eigenvalue weighted by Gasteiger charge is -2.15. The van der Waals surface area contributed by atoms with Gasteiger partial charge in [-0.25, -0.2) is 0 Å². The molecule has 5 rings (SSSR count). The van der Waals surface area contributed by atoms with Crippen molar-refractivity contribution in [3.05, 3.63) is 83.4 Å². The summed E-state index contributed by atoms with van der Waals surface area (Å²) in [6.07, 6.45) is 0.682. The number of hydrogen-bond donors (Lipinski definition) is 1. The Morgan fingerprint density at radius 3 is 2.52 bits per heavy atom. The lowest BCUT2D eigenvalue weighted by Crippen LogP contribution is -2.42. The second kappa shape index (κ2) is 7.91. The molecule has 2 aliphatic heterocycles. The van der Waals surface area contributed by atoms with Crippen LogP contribution in [0.1, 0.15) is 28.4 Å². The first kappa shape index (κ1) is 19.4. The third-order valence-electron chi connectivity index (χ3n) is 5.86. The van der Waals surface area contributed by atoms with Gasteiger partial charge in [0, 0.05) is 18.4 Å². The Hall–Kier alpha value is -3.60. The third-order valence-corrected chi connectivity index (χ3v) is 5.86. The van der Waals surface area contributed by atoms with E-state index in [1.54, 1.807) is 6.92 Å². The summed E-state index contributed by atoms with van der Waals surface area (Å²) in [7, 11) is 0. The topological polar surface area (TPSA) is 64.6 Å². The summed E-state index contributed by atoms with van der Waals surface area (Å²) in [5.41, 5.74) is 4.77. The van der Waals surface area contributed by atoms with Crippen LogP contribution in [-0.2, 0) is 17.6 Å². The van der Waals surface area contributed by atoms with Gasteiger partial charge in [0.2, 0.25) is 0 Å². The first-order valence-electron chi connectivity index (χ1n) is 10.5. The highest BCUT2D eigenvalue weighted by Gasteiger charge is 2.30. The van der Waals surface area contributed by atoms with E-state index < -0.39 is 6.10 Å². The Morgan fingerprint density at radius 1 is 0.903 bits per heavy atom. The predicted molar refractivity (Wildman–Crippen MR) is 118 cm³/mol. The van der Waals surface area contributed by atoms with Crippen LogP contribution in [0.5, 0.6) is 11.5 Å². The summed E-state index contributed by atoms with van der Waals surface area (Å²) in [5, 5.41) is 2.97. The fourth-order valence-electron chi connectivity index (χ4n) is 4.30. The zero-order valence-electron chi connectivity index (χ0n) is 17.3. The number of carbonyl (C=O) groups is 2. The summed E-state index contributed by atoms with van der Waals surface area (Å²) < 4.78 is 11.8. The van der Waals surface area contributed by atoms with Crippen molar-refractivity contribution in [2.75, 3.05) is 6.54 Å².